The Hall–Kier alpha value is -1.58. The van der Waals surface area contributed by atoms with Crippen LogP contribution in [0, 0.1) is 5.82 Å². The fourth-order valence-corrected chi connectivity index (χ4v) is 2.94. The molecule has 0 aliphatic heterocycles. The molecule has 0 amide bonds. The molecule has 3 rings (SSSR count). The number of rotatable bonds is 3. The molecule has 0 aromatic heterocycles. The van der Waals surface area contributed by atoms with Crippen molar-refractivity contribution in [3.8, 4) is 5.75 Å². The molecule has 0 saturated carbocycles. The lowest BCUT2D eigenvalue weighted by atomic mass is 9.89. The molecule has 0 saturated heterocycles. The predicted octanol–water partition coefficient (Wildman–Crippen LogP) is 4.43. The second-order valence-corrected chi connectivity index (χ2v) is 5.66. The third-order valence-electron chi connectivity index (χ3n) is 3.83. The average molecular weight is 307 g/mol. The van der Waals surface area contributed by atoms with Crippen molar-refractivity contribution in [3.05, 3.63) is 63.9 Å². The van der Waals surface area contributed by atoms with E-state index in [-0.39, 0.29) is 12.4 Å². The monoisotopic (exact) mass is 306 g/mol. The highest BCUT2D eigenvalue weighted by atomic mass is 35.5. The van der Waals surface area contributed by atoms with Crippen molar-refractivity contribution in [2.24, 2.45) is 0 Å². The number of aliphatic hydroxyl groups is 1. The molecule has 1 unspecified atom stereocenters. The second-order valence-electron chi connectivity index (χ2n) is 5.26. The van der Waals surface area contributed by atoms with Crippen molar-refractivity contribution in [1.29, 1.82) is 0 Å². The number of hydrogen-bond donors (Lipinski definition) is 1. The first-order valence-corrected chi connectivity index (χ1v) is 7.39. The Morgan fingerprint density at radius 3 is 2.95 bits per heavy atom. The molecular formula is C17H16ClFO2. The van der Waals surface area contributed by atoms with E-state index in [2.05, 4.69) is 0 Å². The largest absolute Gasteiger partial charge is 0.489 e. The van der Waals surface area contributed by atoms with Gasteiger partial charge < -0.3 is 9.84 Å². The van der Waals surface area contributed by atoms with Gasteiger partial charge in [-0.1, -0.05) is 29.8 Å². The Bertz CT molecular complexity index is 657. The second kappa shape index (κ2) is 6.04. The van der Waals surface area contributed by atoms with Gasteiger partial charge in [0.15, 0.2) is 0 Å². The lowest BCUT2D eigenvalue weighted by Gasteiger charge is -2.23. The first kappa shape index (κ1) is 14.4. The topological polar surface area (TPSA) is 29.5 Å². The van der Waals surface area contributed by atoms with Crippen LogP contribution in [0.5, 0.6) is 5.75 Å². The number of hydrogen-bond acceptors (Lipinski definition) is 2. The molecule has 0 bridgehead atoms. The molecular weight excluding hydrogens is 291 g/mol. The first-order chi connectivity index (χ1) is 10.1. The standard InChI is InChI=1S/C17H16ClFO2/c18-15-9-12(19)8-7-11(15)10-21-17-6-2-3-13-14(17)4-1-5-16(13)20/h2-3,6-9,16,20H,1,4-5,10H2. The summed E-state index contributed by atoms with van der Waals surface area (Å²) in [6.07, 6.45) is 2.23. The molecule has 0 radical (unpaired) electrons. The van der Waals surface area contributed by atoms with E-state index in [0.717, 1.165) is 41.7 Å². The van der Waals surface area contributed by atoms with Crippen LogP contribution in [0.3, 0.4) is 0 Å². The van der Waals surface area contributed by atoms with Gasteiger partial charge in [0.1, 0.15) is 18.2 Å². The lowest BCUT2D eigenvalue weighted by molar-refractivity contribution is 0.155. The van der Waals surface area contributed by atoms with Gasteiger partial charge in [0.25, 0.3) is 0 Å². The van der Waals surface area contributed by atoms with E-state index in [4.69, 9.17) is 16.3 Å². The summed E-state index contributed by atoms with van der Waals surface area (Å²) in [5, 5.41) is 10.4. The Morgan fingerprint density at radius 2 is 2.14 bits per heavy atom. The summed E-state index contributed by atoms with van der Waals surface area (Å²) < 4.78 is 18.9. The normalized spacial score (nSPS) is 17.4. The van der Waals surface area contributed by atoms with E-state index in [1.165, 1.54) is 12.1 Å². The zero-order valence-electron chi connectivity index (χ0n) is 11.5. The predicted molar refractivity (Wildman–Crippen MR) is 80.1 cm³/mol. The average Bonchev–Trinajstić information content (AvgIpc) is 2.47. The van der Waals surface area contributed by atoms with E-state index < -0.39 is 6.10 Å². The lowest BCUT2D eigenvalue weighted by Crippen LogP contribution is -2.11. The summed E-state index contributed by atoms with van der Waals surface area (Å²) in [5.41, 5.74) is 2.76. The Labute approximate surface area is 128 Å². The number of benzene rings is 2. The molecule has 1 atom stereocenters. The van der Waals surface area contributed by atoms with Gasteiger partial charge in [-0.3, -0.25) is 0 Å². The number of ether oxygens (including phenoxy) is 1. The molecule has 1 aliphatic rings. The summed E-state index contributed by atoms with van der Waals surface area (Å²) in [5.74, 6) is 0.413. The van der Waals surface area contributed by atoms with Crippen LogP contribution < -0.4 is 4.74 Å². The van der Waals surface area contributed by atoms with Crippen molar-refractivity contribution in [2.75, 3.05) is 0 Å². The van der Waals surface area contributed by atoms with Crippen LogP contribution in [-0.4, -0.2) is 5.11 Å². The minimum Gasteiger partial charge on any atom is -0.489 e. The summed E-state index contributed by atoms with van der Waals surface area (Å²) >= 11 is 6.00. The van der Waals surface area contributed by atoms with Gasteiger partial charge in [-0.05, 0) is 48.6 Å². The molecule has 0 fully saturated rings. The summed E-state index contributed by atoms with van der Waals surface area (Å²) in [6, 6.07) is 10.0. The van der Waals surface area contributed by atoms with Gasteiger partial charge in [-0.25, -0.2) is 4.39 Å². The maximum Gasteiger partial charge on any atom is 0.124 e. The summed E-state index contributed by atoms with van der Waals surface area (Å²) in [4.78, 5) is 0. The Balaban J connectivity index is 1.81. The van der Waals surface area contributed by atoms with Gasteiger partial charge in [0.05, 0.1) is 11.1 Å². The minimum atomic E-state index is -0.410. The highest BCUT2D eigenvalue weighted by molar-refractivity contribution is 6.31. The fraction of sp³-hybridized carbons (Fsp3) is 0.294. The molecule has 21 heavy (non-hydrogen) atoms. The van der Waals surface area contributed by atoms with Crippen molar-refractivity contribution >= 4 is 11.6 Å². The SMILES string of the molecule is OC1CCCc2c(OCc3ccc(F)cc3Cl)cccc21. The van der Waals surface area contributed by atoms with E-state index >= 15 is 0 Å². The molecule has 1 N–H and O–H groups in total. The van der Waals surface area contributed by atoms with E-state index in [9.17, 15) is 9.50 Å². The molecule has 4 heteroatoms. The van der Waals surface area contributed by atoms with Crippen LogP contribution in [-0.2, 0) is 13.0 Å². The molecule has 2 aromatic rings. The highest BCUT2D eigenvalue weighted by Gasteiger charge is 2.20. The Kier molecular flexibility index (Phi) is 4.13. The van der Waals surface area contributed by atoms with Gasteiger partial charge in [0.2, 0.25) is 0 Å². The van der Waals surface area contributed by atoms with Crippen LogP contribution in [0.1, 0.15) is 35.6 Å². The number of aliphatic hydroxyl groups excluding tert-OH is 1. The van der Waals surface area contributed by atoms with Gasteiger partial charge in [0, 0.05) is 5.56 Å². The van der Waals surface area contributed by atoms with Crippen LogP contribution in [0.15, 0.2) is 36.4 Å². The zero-order valence-corrected chi connectivity index (χ0v) is 12.2. The van der Waals surface area contributed by atoms with Crippen molar-refractivity contribution < 1.29 is 14.2 Å². The van der Waals surface area contributed by atoms with Gasteiger partial charge in [-0.15, -0.1) is 0 Å². The smallest absolute Gasteiger partial charge is 0.124 e. The highest BCUT2D eigenvalue weighted by Crippen LogP contribution is 2.35. The van der Waals surface area contributed by atoms with E-state index in [0.29, 0.717) is 5.02 Å². The number of fused-ring (bicyclic) bond motifs is 1. The Morgan fingerprint density at radius 1 is 1.29 bits per heavy atom. The molecule has 0 heterocycles. The van der Waals surface area contributed by atoms with Gasteiger partial charge in [-0.2, -0.15) is 0 Å². The summed E-state index contributed by atoms with van der Waals surface area (Å²) in [7, 11) is 0. The molecule has 110 valence electrons. The third-order valence-corrected chi connectivity index (χ3v) is 4.18. The van der Waals surface area contributed by atoms with Crippen molar-refractivity contribution in [3.63, 3.8) is 0 Å². The zero-order chi connectivity index (χ0) is 14.8. The minimum absolute atomic E-state index is 0.283. The molecule has 0 spiro atoms. The maximum absolute atomic E-state index is 13.0. The fourth-order valence-electron chi connectivity index (χ4n) is 2.72. The first-order valence-electron chi connectivity index (χ1n) is 7.02. The summed E-state index contributed by atoms with van der Waals surface area (Å²) in [6.45, 7) is 0.283. The quantitative estimate of drug-likeness (QED) is 0.909. The van der Waals surface area contributed by atoms with E-state index in [1.54, 1.807) is 6.07 Å². The van der Waals surface area contributed by atoms with Gasteiger partial charge >= 0.3 is 0 Å². The molecule has 2 aromatic carbocycles. The molecule has 1 aliphatic carbocycles. The van der Waals surface area contributed by atoms with Crippen LogP contribution in [0.25, 0.3) is 0 Å². The molecule has 2 nitrogen and oxygen atoms in total. The number of halogens is 2. The van der Waals surface area contributed by atoms with Crippen molar-refractivity contribution in [1.82, 2.24) is 0 Å². The van der Waals surface area contributed by atoms with Crippen LogP contribution >= 0.6 is 11.6 Å². The maximum atomic E-state index is 13.0. The van der Waals surface area contributed by atoms with Crippen molar-refractivity contribution in [2.45, 2.75) is 32.0 Å². The van der Waals surface area contributed by atoms with Crippen LogP contribution in [0.4, 0.5) is 4.39 Å². The third kappa shape index (κ3) is 3.04. The van der Waals surface area contributed by atoms with Crippen LogP contribution in [0.2, 0.25) is 5.02 Å². The van der Waals surface area contributed by atoms with E-state index in [1.807, 2.05) is 18.2 Å².